The lowest BCUT2D eigenvalue weighted by atomic mass is 9.98. The second-order valence-corrected chi connectivity index (χ2v) is 8.57. The number of carboxylic acids is 1. The zero-order valence-corrected chi connectivity index (χ0v) is 17.6. The van der Waals surface area contributed by atoms with Gasteiger partial charge in [0.1, 0.15) is 18.2 Å². The third-order valence-corrected chi connectivity index (χ3v) is 6.10. The normalized spacial score (nSPS) is 17.7. The van der Waals surface area contributed by atoms with Crippen molar-refractivity contribution in [2.24, 2.45) is 0 Å². The molecule has 2 amide bonds. The van der Waals surface area contributed by atoms with Gasteiger partial charge < -0.3 is 15.2 Å². The number of carboxylic acid groups (broad SMARTS) is 1. The van der Waals surface area contributed by atoms with Crippen LogP contribution < -0.4 is 5.32 Å². The molecular formula is C24H26N2O5. The number of ether oxygens (including phenoxy) is 1. The largest absolute Gasteiger partial charge is 0.480 e. The van der Waals surface area contributed by atoms with Crippen LogP contribution in [-0.4, -0.2) is 52.7 Å². The van der Waals surface area contributed by atoms with Crippen LogP contribution in [0.3, 0.4) is 0 Å². The molecule has 1 atom stereocenters. The van der Waals surface area contributed by atoms with Crippen LogP contribution in [0.15, 0.2) is 48.5 Å². The number of likely N-dealkylation sites (tertiary alicyclic amines) is 1. The van der Waals surface area contributed by atoms with Crippen molar-refractivity contribution in [1.82, 2.24) is 10.2 Å². The Morgan fingerprint density at radius 2 is 1.65 bits per heavy atom. The molecule has 2 aromatic carbocycles. The SMILES string of the molecule is CC(C)(NC(=O)[C@@H]1CCCN1C(=O)OCC1c2ccccc2-c2ccccc21)C(=O)O. The number of amides is 2. The average molecular weight is 422 g/mol. The topological polar surface area (TPSA) is 95.9 Å². The minimum Gasteiger partial charge on any atom is -0.480 e. The Hall–Kier alpha value is -3.35. The number of nitrogens with one attached hydrogen (secondary N) is 1. The molecule has 2 aromatic rings. The Kier molecular flexibility index (Phi) is 5.43. The van der Waals surface area contributed by atoms with Gasteiger partial charge in [-0.2, -0.15) is 0 Å². The van der Waals surface area contributed by atoms with E-state index in [0.717, 1.165) is 22.3 Å². The molecule has 1 heterocycles. The van der Waals surface area contributed by atoms with Crippen molar-refractivity contribution >= 4 is 18.0 Å². The van der Waals surface area contributed by atoms with Gasteiger partial charge in [0.05, 0.1) is 0 Å². The maximum absolute atomic E-state index is 12.8. The van der Waals surface area contributed by atoms with Crippen LogP contribution in [0.4, 0.5) is 4.79 Å². The van der Waals surface area contributed by atoms with Gasteiger partial charge in [0.15, 0.2) is 0 Å². The lowest BCUT2D eigenvalue weighted by Crippen LogP contribution is -2.55. The lowest BCUT2D eigenvalue weighted by molar-refractivity contribution is -0.146. The molecule has 1 fully saturated rings. The van der Waals surface area contributed by atoms with Gasteiger partial charge in [0, 0.05) is 12.5 Å². The molecule has 0 unspecified atom stereocenters. The van der Waals surface area contributed by atoms with Crippen molar-refractivity contribution < 1.29 is 24.2 Å². The van der Waals surface area contributed by atoms with Gasteiger partial charge in [0.25, 0.3) is 0 Å². The van der Waals surface area contributed by atoms with Crippen LogP contribution in [0.2, 0.25) is 0 Å². The molecule has 0 aromatic heterocycles. The van der Waals surface area contributed by atoms with Gasteiger partial charge in [0.2, 0.25) is 5.91 Å². The van der Waals surface area contributed by atoms with Crippen molar-refractivity contribution in [1.29, 1.82) is 0 Å². The molecule has 0 spiro atoms. The zero-order valence-electron chi connectivity index (χ0n) is 17.6. The van der Waals surface area contributed by atoms with E-state index in [1.165, 1.54) is 18.7 Å². The number of fused-ring (bicyclic) bond motifs is 3. The molecule has 2 N–H and O–H groups in total. The first-order chi connectivity index (χ1) is 14.8. The standard InChI is InChI=1S/C24H26N2O5/c1-24(2,22(28)29)25-21(27)20-12-7-13-26(20)23(30)31-14-19-17-10-5-3-8-15(17)16-9-4-6-11-18(16)19/h3-6,8-11,19-20H,7,12-14H2,1-2H3,(H,25,27)(H,28,29)/t20-/m0/s1. The number of hydrogen-bond acceptors (Lipinski definition) is 4. The van der Waals surface area contributed by atoms with Crippen LogP contribution in [0, 0.1) is 0 Å². The molecule has 31 heavy (non-hydrogen) atoms. The summed E-state index contributed by atoms with van der Waals surface area (Å²) in [4.78, 5) is 38.2. The van der Waals surface area contributed by atoms with E-state index in [0.29, 0.717) is 19.4 Å². The van der Waals surface area contributed by atoms with E-state index >= 15 is 0 Å². The second kappa shape index (κ2) is 8.06. The highest BCUT2D eigenvalue weighted by molar-refractivity contribution is 5.91. The van der Waals surface area contributed by atoms with Crippen LogP contribution >= 0.6 is 0 Å². The highest BCUT2D eigenvalue weighted by Crippen LogP contribution is 2.44. The number of carbonyl (C=O) groups excluding carboxylic acids is 2. The molecule has 0 saturated carbocycles. The predicted octanol–water partition coefficient (Wildman–Crippen LogP) is 3.38. The summed E-state index contributed by atoms with van der Waals surface area (Å²) in [5.41, 5.74) is 3.12. The number of nitrogens with zero attached hydrogens (tertiary/aromatic N) is 1. The van der Waals surface area contributed by atoms with Crippen LogP contribution in [0.25, 0.3) is 11.1 Å². The smallest absolute Gasteiger partial charge is 0.410 e. The summed E-state index contributed by atoms with van der Waals surface area (Å²) in [5.74, 6) is -1.66. The molecule has 1 saturated heterocycles. The summed E-state index contributed by atoms with van der Waals surface area (Å²) in [6, 6.07) is 15.5. The van der Waals surface area contributed by atoms with E-state index in [1.54, 1.807) is 0 Å². The molecular weight excluding hydrogens is 396 g/mol. The molecule has 4 rings (SSSR count). The van der Waals surface area contributed by atoms with Crippen molar-refractivity contribution in [2.75, 3.05) is 13.2 Å². The first kappa shape index (κ1) is 20.9. The van der Waals surface area contributed by atoms with Crippen molar-refractivity contribution in [3.63, 3.8) is 0 Å². The molecule has 7 nitrogen and oxygen atoms in total. The Morgan fingerprint density at radius 1 is 1.06 bits per heavy atom. The Morgan fingerprint density at radius 3 is 2.23 bits per heavy atom. The number of aliphatic carboxylic acids is 1. The van der Waals surface area contributed by atoms with Crippen molar-refractivity contribution in [3.05, 3.63) is 59.7 Å². The molecule has 0 bridgehead atoms. The molecule has 162 valence electrons. The predicted molar refractivity (Wildman–Crippen MR) is 115 cm³/mol. The third kappa shape index (κ3) is 3.87. The van der Waals surface area contributed by atoms with Gasteiger partial charge in [-0.15, -0.1) is 0 Å². The number of carbonyl (C=O) groups is 3. The first-order valence-corrected chi connectivity index (χ1v) is 10.5. The number of benzene rings is 2. The fourth-order valence-electron chi connectivity index (χ4n) is 4.38. The fraction of sp³-hybridized carbons (Fsp3) is 0.375. The number of rotatable bonds is 5. The van der Waals surface area contributed by atoms with Gasteiger partial charge in [-0.1, -0.05) is 48.5 Å². The number of hydrogen-bond donors (Lipinski definition) is 2. The summed E-state index contributed by atoms with van der Waals surface area (Å²) < 4.78 is 5.67. The van der Waals surface area contributed by atoms with Crippen molar-refractivity contribution in [3.8, 4) is 11.1 Å². The van der Waals surface area contributed by atoms with E-state index in [1.807, 2.05) is 36.4 Å². The van der Waals surface area contributed by atoms with E-state index < -0.39 is 29.6 Å². The molecule has 1 aliphatic carbocycles. The van der Waals surface area contributed by atoms with E-state index in [2.05, 4.69) is 17.4 Å². The maximum Gasteiger partial charge on any atom is 0.410 e. The van der Waals surface area contributed by atoms with Crippen LogP contribution in [0.1, 0.15) is 43.7 Å². The fourth-order valence-corrected chi connectivity index (χ4v) is 4.38. The van der Waals surface area contributed by atoms with E-state index in [9.17, 15) is 19.5 Å². The summed E-state index contributed by atoms with van der Waals surface area (Å²) in [6.07, 6.45) is 0.592. The molecule has 1 aliphatic heterocycles. The summed E-state index contributed by atoms with van der Waals surface area (Å²) in [7, 11) is 0. The second-order valence-electron chi connectivity index (χ2n) is 8.57. The van der Waals surface area contributed by atoms with E-state index in [4.69, 9.17) is 4.74 Å². The maximum atomic E-state index is 12.8. The van der Waals surface area contributed by atoms with Gasteiger partial charge in [-0.05, 0) is 48.9 Å². The quantitative estimate of drug-likeness (QED) is 0.770. The van der Waals surface area contributed by atoms with Crippen molar-refractivity contribution in [2.45, 2.75) is 44.2 Å². The average Bonchev–Trinajstić information content (AvgIpc) is 3.35. The van der Waals surface area contributed by atoms with Crippen LogP contribution in [0.5, 0.6) is 0 Å². The zero-order chi connectivity index (χ0) is 22.2. The Labute approximate surface area is 181 Å². The lowest BCUT2D eigenvalue weighted by Gasteiger charge is -2.28. The highest BCUT2D eigenvalue weighted by atomic mass is 16.6. The summed E-state index contributed by atoms with van der Waals surface area (Å²) in [5, 5.41) is 11.8. The van der Waals surface area contributed by atoms with Crippen LogP contribution in [-0.2, 0) is 14.3 Å². The monoisotopic (exact) mass is 422 g/mol. The highest BCUT2D eigenvalue weighted by Gasteiger charge is 2.39. The molecule has 2 aliphatic rings. The van der Waals surface area contributed by atoms with E-state index in [-0.39, 0.29) is 12.5 Å². The van der Waals surface area contributed by atoms with Gasteiger partial charge in [-0.3, -0.25) is 9.69 Å². The minimum atomic E-state index is -1.41. The van der Waals surface area contributed by atoms with Gasteiger partial charge >= 0.3 is 12.1 Å². The van der Waals surface area contributed by atoms with Gasteiger partial charge in [-0.25, -0.2) is 9.59 Å². The first-order valence-electron chi connectivity index (χ1n) is 10.5. The minimum absolute atomic E-state index is 0.0582. The molecule has 0 radical (unpaired) electrons. The summed E-state index contributed by atoms with van der Waals surface area (Å²) >= 11 is 0. The Bertz CT molecular complexity index is 987. The Balaban J connectivity index is 1.45. The molecule has 7 heteroatoms. The third-order valence-electron chi connectivity index (χ3n) is 6.10. The summed E-state index contributed by atoms with van der Waals surface area (Å²) in [6.45, 7) is 3.42.